The molecule has 21 heavy (non-hydrogen) atoms. The van der Waals surface area contributed by atoms with Crippen LogP contribution in [-0.4, -0.2) is 6.04 Å². The van der Waals surface area contributed by atoms with E-state index < -0.39 is 0 Å². The summed E-state index contributed by atoms with van der Waals surface area (Å²) >= 11 is 3.42. The summed E-state index contributed by atoms with van der Waals surface area (Å²) in [6.07, 6.45) is 1.88. The van der Waals surface area contributed by atoms with E-state index in [1.165, 1.54) is 17.7 Å². The number of benzene rings is 2. The lowest BCUT2D eigenvalue weighted by Crippen LogP contribution is -2.34. The van der Waals surface area contributed by atoms with Crippen LogP contribution in [0.15, 0.2) is 40.9 Å². The molecule has 1 saturated carbocycles. The molecule has 0 saturated heterocycles. The highest BCUT2D eigenvalue weighted by Gasteiger charge is 2.30. The van der Waals surface area contributed by atoms with Gasteiger partial charge in [0.05, 0.1) is 5.69 Å². The van der Waals surface area contributed by atoms with Crippen LogP contribution in [0.2, 0.25) is 0 Å². The summed E-state index contributed by atoms with van der Waals surface area (Å²) in [6, 6.07) is 11.0. The number of hydrogen-bond donors (Lipinski definition) is 1. The molecule has 0 bridgehead atoms. The second-order valence-electron chi connectivity index (χ2n) is 5.64. The van der Waals surface area contributed by atoms with Gasteiger partial charge in [0.1, 0.15) is 11.6 Å². The van der Waals surface area contributed by atoms with Crippen molar-refractivity contribution in [1.29, 1.82) is 0 Å². The fraction of sp³-hybridized carbons (Fsp3) is 0.294. The van der Waals surface area contributed by atoms with Gasteiger partial charge in [-0.15, -0.1) is 0 Å². The van der Waals surface area contributed by atoms with E-state index in [0.717, 1.165) is 17.3 Å². The van der Waals surface area contributed by atoms with Gasteiger partial charge in [0.25, 0.3) is 0 Å². The Morgan fingerprint density at radius 1 is 1.05 bits per heavy atom. The average molecular weight is 352 g/mol. The van der Waals surface area contributed by atoms with Gasteiger partial charge in [0.2, 0.25) is 0 Å². The average Bonchev–Trinajstić information content (AvgIpc) is 2.40. The van der Waals surface area contributed by atoms with E-state index in [1.807, 2.05) is 12.1 Å². The number of halogens is 3. The van der Waals surface area contributed by atoms with E-state index in [1.54, 1.807) is 6.92 Å². The summed E-state index contributed by atoms with van der Waals surface area (Å²) < 4.78 is 28.3. The van der Waals surface area contributed by atoms with Gasteiger partial charge in [-0.05, 0) is 55.0 Å². The van der Waals surface area contributed by atoms with Crippen molar-refractivity contribution in [3.05, 3.63) is 63.6 Å². The van der Waals surface area contributed by atoms with E-state index in [2.05, 4.69) is 33.4 Å². The number of nitrogens with one attached hydrogen (secondary N) is 1. The van der Waals surface area contributed by atoms with Crippen molar-refractivity contribution in [2.24, 2.45) is 0 Å². The molecule has 0 aromatic heterocycles. The lowest BCUT2D eigenvalue weighted by atomic mass is 9.76. The molecule has 4 heteroatoms. The monoisotopic (exact) mass is 351 g/mol. The standard InChI is InChI=1S/C17H16BrF2N/c1-10-6-16(20)17(9-15(10)19)21-14-7-12(8-14)11-2-4-13(18)5-3-11/h2-6,9,12,14,21H,7-8H2,1H3. The third-order valence-electron chi connectivity index (χ3n) is 4.09. The maximum atomic E-state index is 13.8. The van der Waals surface area contributed by atoms with Gasteiger partial charge in [-0.1, -0.05) is 28.1 Å². The lowest BCUT2D eigenvalue weighted by Gasteiger charge is -2.37. The molecule has 0 amide bonds. The molecule has 3 rings (SSSR count). The quantitative estimate of drug-likeness (QED) is 0.781. The molecule has 1 aliphatic carbocycles. The molecule has 0 radical (unpaired) electrons. The number of anilines is 1. The molecule has 1 nitrogen and oxygen atoms in total. The summed E-state index contributed by atoms with van der Waals surface area (Å²) in [7, 11) is 0. The Balaban J connectivity index is 1.62. The normalized spacial score (nSPS) is 21.0. The van der Waals surface area contributed by atoms with Crippen molar-refractivity contribution < 1.29 is 8.78 Å². The predicted molar refractivity (Wildman–Crippen MR) is 84.6 cm³/mol. The molecule has 2 aromatic rings. The predicted octanol–water partition coefficient (Wildman–Crippen LogP) is 5.39. The van der Waals surface area contributed by atoms with Crippen molar-refractivity contribution >= 4 is 21.6 Å². The largest absolute Gasteiger partial charge is 0.380 e. The third-order valence-corrected chi connectivity index (χ3v) is 4.62. The van der Waals surface area contributed by atoms with Gasteiger partial charge >= 0.3 is 0 Å². The van der Waals surface area contributed by atoms with Crippen LogP contribution in [-0.2, 0) is 0 Å². The summed E-state index contributed by atoms with van der Waals surface area (Å²) in [5, 5.41) is 3.10. The van der Waals surface area contributed by atoms with Crippen LogP contribution < -0.4 is 5.32 Å². The van der Waals surface area contributed by atoms with Gasteiger partial charge in [-0.2, -0.15) is 0 Å². The van der Waals surface area contributed by atoms with Crippen LogP contribution in [0.25, 0.3) is 0 Å². The van der Waals surface area contributed by atoms with Crippen LogP contribution in [0.4, 0.5) is 14.5 Å². The van der Waals surface area contributed by atoms with E-state index in [-0.39, 0.29) is 23.4 Å². The van der Waals surface area contributed by atoms with Gasteiger partial charge in [-0.3, -0.25) is 0 Å². The fourth-order valence-electron chi connectivity index (χ4n) is 2.72. The zero-order chi connectivity index (χ0) is 15.0. The van der Waals surface area contributed by atoms with Gasteiger partial charge in [-0.25, -0.2) is 8.78 Å². The molecule has 0 atom stereocenters. The Bertz CT molecular complexity index is 649. The maximum absolute atomic E-state index is 13.8. The number of aryl methyl sites for hydroxylation is 1. The van der Waals surface area contributed by atoms with Crippen molar-refractivity contribution in [2.75, 3.05) is 5.32 Å². The molecule has 0 spiro atoms. The minimum absolute atomic E-state index is 0.204. The second kappa shape index (κ2) is 5.76. The molecule has 0 heterocycles. The Morgan fingerprint density at radius 3 is 2.38 bits per heavy atom. The maximum Gasteiger partial charge on any atom is 0.146 e. The molecule has 2 aromatic carbocycles. The summed E-state index contributed by atoms with van der Waals surface area (Å²) in [5.74, 6) is -0.266. The molecule has 110 valence electrons. The van der Waals surface area contributed by atoms with Crippen LogP contribution in [0.3, 0.4) is 0 Å². The van der Waals surface area contributed by atoms with Crippen LogP contribution >= 0.6 is 15.9 Å². The van der Waals surface area contributed by atoms with Gasteiger partial charge in [0, 0.05) is 16.6 Å². The Morgan fingerprint density at radius 2 is 1.71 bits per heavy atom. The van der Waals surface area contributed by atoms with Crippen LogP contribution in [0, 0.1) is 18.6 Å². The first-order valence-corrected chi connectivity index (χ1v) is 7.80. The summed E-state index contributed by atoms with van der Waals surface area (Å²) in [5.41, 5.74) is 1.89. The first-order valence-electron chi connectivity index (χ1n) is 7.00. The minimum Gasteiger partial charge on any atom is -0.380 e. The fourth-order valence-corrected chi connectivity index (χ4v) is 2.98. The van der Waals surface area contributed by atoms with Crippen LogP contribution in [0.1, 0.15) is 29.9 Å². The molecule has 0 aliphatic heterocycles. The highest BCUT2D eigenvalue weighted by atomic mass is 79.9. The molecule has 0 unspecified atom stereocenters. The molecular weight excluding hydrogens is 336 g/mol. The first-order chi connectivity index (χ1) is 10.0. The van der Waals surface area contributed by atoms with Crippen molar-refractivity contribution in [3.63, 3.8) is 0 Å². The Labute approximate surface area is 131 Å². The second-order valence-corrected chi connectivity index (χ2v) is 6.56. The highest BCUT2D eigenvalue weighted by Crippen LogP contribution is 2.39. The minimum atomic E-state index is -0.388. The third kappa shape index (κ3) is 3.10. The first kappa shape index (κ1) is 14.5. The van der Waals surface area contributed by atoms with Crippen molar-refractivity contribution in [3.8, 4) is 0 Å². The van der Waals surface area contributed by atoms with E-state index in [9.17, 15) is 8.78 Å². The smallest absolute Gasteiger partial charge is 0.146 e. The molecule has 1 N–H and O–H groups in total. The van der Waals surface area contributed by atoms with E-state index in [0.29, 0.717) is 11.5 Å². The summed E-state index contributed by atoms with van der Waals surface area (Å²) in [6.45, 7) is 1.56. The molecule has 1 fully saturated rings. The molecule has 1 aliphatic rings. The SMILES string of the molecule is Cc1cc(F)c(NC2CC(c3ccc(Br)cc3)C2)cc1F. The summed E-state index contributed by atoms with van der Waals surface area (Å²) in [4.78, 5) is 0. The zero-order valence-electron chi connectivity index (χ0n) is 11.7. The topological polar surface area (TPSA) is 12.0 Å². The van der Waals surface area contributed by atoms with E-state index in [4.69, 9.17) is 0 Å². The Hall–Kier alpha value is -1.42. The Kier molecular flexibility index (Phi) is 3.98. The lowest BCUT2D eigenvalue weighted by molar-refractivity contribution is 0.372. The van der Waals surface area contributed by atoms with Gasteiger partial charge < -0.3 is 5.32 Å². The van der Waals surface area contributed by atoms with Gasteiger partial charge in [0.15, 0.2) is 0 Å². The zero-order valence-corrected chi connectivity index (χ0v) is 13.3. The van der Waals surface area contributed by atoms with Crippen molar-refractivity contribution in [1.82, 2.24) is 0 Å². The highest BCUT2D eigenvalue weighted by molar-refractivity contribution is 9.10. The molecular formula is C17H16BrF2N. The van der Waals surface area contributed by atoms with Crippen LogP contribution in [0.5, 0.6) is 0 Å². The van der Waals surface area contributed by atoms with E-state index >= 15 is 0 Å². The van der Waals surface area contributed by atoms with Crippen molar-refractivity contribution in [2.45, 2.75) is 31.7 Å². The number of hydrogen-bond acceptors (Lipinski definition) is 1. The number of rotatable bonds is 3.